The minimum absolute atomic E-state index is 0.0135. The summed E-state index contributed by atoms with van der Waals surface area (Å²) in [5.74, 6) is 1.18. The van der Waals surface area contributed by atoms with Crippen molar-refractivity contribution in [3.05, 3.63) is 0 Å². The lowest BCUT2D eigenvalue weighted by Crippen LogP contribution is -2.48. The number of rotatable bonds is 2. The standard InChI is InChI=1S/C14H26N2OS/c1-5-14(4)7-9-18-12(16-14)15-11-6-8-17-13(2,3)10-11/h11H,5-10H2,1-4H3,(H,15,16). The first-order valence-electron chi connectivity index (χ1n) is 7.05. The van der Waals surface area contributed by atoms with Gasteiger partial charge in [-0.05, 0) is 46.5 Å². The molecule has 0 amide bonds. The molecule has 2 aliphatic heterocycles. The molecule has 2 saturated heterocycles. The third kappa shape index (κ3) is 3.64. The second-order valence-corrected chi connectivity index (χ2v) is 7.41. The zero-order valence-corrected chi connectivity index (χ0v) is 12.9. The second kappa shape index (κ2) is 5.41. The highest BCUT2D eigenvalue weighted by atomic mass is 32.2. The summed E-state index contributed by atoms with van der Waals surface area (Å²) in [6.45, 7) is 9.71. The number of nitrogens with one attached hydrogen (secondary N) is 1. The van der Waals surface area contributed by atoms with Crippen molar-refractivity contribution in [1.82, 2.24) is 5.32 Å². The minimum atomic E-state index is -0.0135. The molecule has 2 unspecified atom stereocenters. The van der Waals surface area contributed by atoms with E-state index >= 15 is 0 Å². The van der Waals surface area contributed by atoms with Gasteiger partial charge < -0.3 is 10.1 Å². The van der Waals surface area contributed by atoms with Crippen LogP contribution in [0, 0.1) is 0 Å². The SMILES string of the molecule is CCC1(C)CCSC(=NC2CCOC(C)(C)C2)N1. The van der Waals surface area contributed by atoms with E-state index < -0.39 is 0 Å². The molecule has 2 atom stereocenters. The molecule has 0 bridgehead atoms. The molecule has 3 nitrogen and oxygen atoms in total. The highest BCUT2D eigenvalue weighted by Crippen LogP contribution is 2.29. The Kier molecular flexibility index (Phi) is 4.27. The molecular formula is C14H26N2OS. The van der Waals surface area contributed by atoms with Gasteiger partial charge in [-0.25, -0.2) is 0 Å². The van der Waals surface area contributed by atoms with Crippen molar-refractivity contribution in [1.29, 1.82) is 0 Å². The number of aliphatic imine (C=N–C) groups is 1. The topological polar surface area (TPSA) is 33.6 Å². The maximum Gasteiger partial charge on any atom is 0.157 e. The van der Waals surface area contributed by atoms with E-state index in [0.29, 0.717) is 6.04 Å². The molecule has 0 aromatic rings. The number of nitrogens with zero attached hydrogens (tertiary/aromatic N) is 1. The van der Waals surface area contributed by atoms with Gasteiger partial charge in [0.15, 0.2) is 5.17 Å². The van der Waals surface area contributed by atoms with Crippen LogP contribution < -0.4 is 5.32 Å². The van der Waals surface area contributed by atoms with Crippen LogP contribution >= 0.6 is 11.8 Å². The summed E-state index contributed by atoms with van der Waals surface area (Å²) in [6, 6.07) is 0.419. The molecule has 0 aromatic carbocycles. The van der Waals surface area contributed by atoms with Crippen LogP contribution in [0.1, 0.15) is 53.4 Å². The summed E-state index contributed by atoms with van der Waals surface area (Å²) in [6.07, 6.45) is 4.47. The smallest absolute Gasteiger partial charge is 0.157 e. The van der Waals surface area contributed by atoms with Gasteiger partial charge in [0, 0.05) is 17.9 Å². The van der Waals surface area contributed by atoms with E-state index in [-0.39, 0.29) is 11.1 Å². The fraction of sp³-hybridized carbons (Fsp3) is 0.929. The van der Waals surface area contributed by atoms with Gasteiger partial charge in [0.05, 0.1) is 11.6 Å². The van der Waals surface area contributed by atoms with Gasteiger partial charge in [-0.1, -0.05) is 18.7 Å². The predicted octanol–water partition coefficient (Wildman–Crippen LogP) is 3.20. The molecule has 2 rings (SSSR count). The van der Waals surface area contributed by atoms with Gasteiger partial charge in [-0.2, -0.15) is 0 Å². The van der Waals surface area contributed by atoms with Gasteiger partial charge in [0.2, 0.25) is 0 Å². The van der Waals surface area contributed by atoms with Crippen LogP contribution in [0.25, 0.3) is 0 Å². The summed E-state index contributed by atoms with van der Waals surface area (Å²) in [7, 11) is 0. The lowest BCUT2D eigenvalue weighted by molar-refractivity contribution is -0.0575. The zero-order valence-electron chi connectivity index (χ0n) is 12.1. The fourth-order valence-corrected chi connectivity index (χ4v) is 3.83. The average molecular weight is 270 g/mol. The molecule has 0 aliphatic carbocycles. The Morgan fingerprint density at radius 3 is 2.89 bits per heavy atom. The largest absolute Gasteiger partial charge is 0.375 e. The Bertz CT molecular complexity index is 330. The number of thioether (sulfide) groups is 1. The van der Waals surface area contributed by atoms with E-state index in [1.807, 2.05) is 11.8 Å². The molecule has 0 saturated carbocycles. The Balaban J connectivity index is 2.00. The van der Waals surface area contributed by atoms with Crippen LogP contribution in [0.4, 0.5) is 0 Å². The fourth-order valence-electron chi connectivity index (χ4n) is 2.54. The Hall–Kier alpha value is -0.220. The Labute approximate surface area is 115 Å². The monoisotopic (exact) mass is 270 g/mol. The first-order chi connectivity index (χ1) is 8.42. The normalized spacial score (nSPS) is 38.4. The first-order valence-corrected chi connectivity index (χ1v) is 8.04. The third-order valence-electron chi connectivity index (χ3n) is 4.05. The first kappa shape index (κ1) is 14.2. The molecule has 0 aromatic heterocycles. The summed E-state index contributed by atoms with van der Waals surface area (Å²) in [5, 5.41) is 4.77. The highest BCUT2D eigenvalue weighted by Gasteiger charge is 2.31. The van der Waals surface area contributed by atoms with Crippen molar-refractivity contribution in [2.75, 3.05) is 12.4 Å². The lowest BCUT2D eigenvalue weighted by atomic mass is 9.94. The van der Waals surface area contributed by atoms with Gasteiger partial charge in [0.1, 0.15) is 0 Å². The molecule has 0 spiro atoms. The van der Waals surface area contributed by atoms with Gasteiger partial charge in [-0.3, -0.25) is 4.99 Å². The van der Waals surface area contributed by atoms with Crippen LogP contribution in [0.2, 0.25) is 0 Å². The molecule has 0 radical (unpaired) electrons. The third-order valence-corrected chi connectivity index (χ3v) is 4.94. The van der Waals surface area contributed by atoms with E-state index in [4.69, 9.17) is 9.73 Å². The molecule has 4 heteroatoms. The van der Waals surface area contributed by atoms with Crippen molar-refractivity contribution in [2.45, 2.75) is 70.6 Å². The van der Waals surface area contributed by atoms with E-state index in [1.165, 1.54) is 12.2 Å². The summed E-state index contributed by atoms with van der Waals surface area (Å²) >= 11 is 1.87. The van der Waals surface area contributed by atoms with Crippen molar-refractivity contribution in [3.8, 4) is 0 Å². The summed E-state index contributed by atoms with van der Waals surface area (Å²) in [4.78, 5) is 4.92. The molecular weight excluding hydrogens is 244 g/mol. The van der Waals surface area contributed by atoms with E-state index in [0.717, 1.165) is 31.0 Å². The Morgan fingerprint density at radius 1 is 1.44 bits per heavy atom. The van der Waals surface area contributed by atoms with Crippen LogP contribution in [0.3, 0.4) is 0 Å². The predicted molar refractivity (Wildman–Crippen MR) is 79.4 cm³/mol. The molecule has 2 fully saturated rings. The summed E-state index contributed by atoms with van der Waals surface area (Å²) in [5.41, 5.74) is 0.227. The van der Waals surface area contributed by atoms with Gasteiger partial charge in [-0.15, -0.1) is 0 Å². The van der Waals surface area contributed by atoms with Gasteiger partial charge >= 0.3 is 0 Å². The molecule has 18 heavy (non-hydrogen) atoms. The number of amidine groups is 1. The van der Waals surface area contributed by atoms with E-state index in [1.54, 1.807) is 0 Å². The van der Waals surface area contributed by atoms with Gasteiger partial charge in [0.25, 0.3) is 0 Å². The summed E-state index contributed by atoms with van der Waals surface area (Å²) < 4.78 is 5.75. The van der Waals surface area contributed by atoms with Crippen LogP contribution in [-0.4, -0.2) is 34.7 Å². The minimum Gasteiger partial charge on any atom is -0.375 e. The molecule has 1 N–H and O–H groups in total. The number of hydrogen-bond acceptors (Lipinski definition) is 3. The van der Waals surface area contributed by atoms with Crippen molar-refractivity contribution >= 4 is 16.9 Å². The quantitative estimate of drug-likeness (QED) is 0.836. The molecule has 2 aliphatic rings. The Morgan fingerprint density at radius 2 is 2.22 bits per heavy atom. The van der Waals surface area contributed by atoms with Crippen LogP contribution in [0.5, 0.6) is 0 Å². The maximum absolute atomic E-state index is 5.75. The lowest BCUT2D eigenvalue weighted by Gasteiger charge is -2.37. The van der Waals surface area contributed by atoms with E-state index in [2.05, 4.69) is 33.0 Å². The number of hydrogen-bond donors (Lipinski definition) is 1. The highest BCUT2D eigenvalue weighted by molar-refractivity contribution is 8.13. The maximum atomic E-state index is 5.75. The zero-order chi connectivity index (χ0) is 13.2. The van der Waals surface area contributed by atoms with E-state index in [9.17, 15) is 0 Å². The second-order valence-electron chi connectivity index (χ2n) is 6.33. The number of ether oxygens (including phenoxy) is 1. The molecule has 2 heterocycles. The molecule has 104 valence electrons. The van der Waals surface area contributed by atoms with Crippen molar-refractivity contribution in [2.24, 2.45) is 4.99 Å². The van der Waals surface area contributed by atoms with Crippen molar-refractivity contribution < 1.29 is 4.74 Å². The van der Waals surface area contributed by atoms with Crippen LogP contribution in [0.15, 0.2) is 4.99 Å². The van der Waals surface area contributed by atoms with Crippen LogP contribution in [-0.2, 0) is 4.74 Å². The average Bonchev–Trinajstić information content (AvgIpc) is 2.28. The van der Waals surface area contributed by atoms with Crippen molar-refractivity contribution in [3.63, 3.8) is 0 Å².